The molecule has 0 aromatic rings. The van der Waals surface area contributed by atoms with Crippen LogP contribution in [-0.2, 0) is 0 Å². The van der Waals surface area contributed by atoms with Crippen molar-refractivity contribution >= 4 is 0 Å². The Labute approximate surface area is 68.8 Å². The van der Waals surface area contributed by atoms with Crippen LogP contribution in [0.3, 0.4) is 0 Å². The van der Waals surface area contributed by atoms with Crippen molar-refractivity contribution in [2.24, 2.45) is 11.8 Å². The molecular weight excluding hydrogens is 171 g/mol. The number of halogens is 3. The van der Waals surface area contributed by atoms with E-state index in [0.717, 1.165) is 0 Å². The number of hydrogen-bond acceptors (Lipinski definition) is 2. The summed E-state index contributed by atoms with van der Waals surface area (Å²) in [6.07, 6.45) is -4.08. The van der Waals surface area contributed by atoms with Gasteiger partial charge in [-0.15, -0.1) is 0 Å². The van der Waals surface area contributed by atoms with Gasteiger partial charge in [-0.05, 0) is 13.0 Å². The normalized spacial score (nSPS) is 32.0. The van der Waals surface area contributed by atoms with Crippen molar-refractivity contribution in [3.05, 3.63) is 0 Å². The topological polar surface area (TPSA) is 32.3 Å². The SMILES string of the molecule is OC[C@H]1CNCC[C@H]1C(F)(F)F. The lowest BCUT2D eigenvalue weighted by Crippen LogP contribution is -2.44. The highest BCUT2D eigenvalue weighted by Crippen LogP contribution is 2.35. The Hall–Kier alpha value is -0.290. The van der Waals surface area contributed by atoms with Crippen LogP contribution >= 0.6 is 0 Å². The summed E-state index contributed by atoms with van der Waals surface area (Å²) in [4.78, 5) is 0. The quantitative estimate of drug-likeness (QED) is 0.629. The molecule has 2 atom stereocenters. The molecule has 2 N–H and O–H groups in total. The van der Waals surface area contributed by atoms with Crippen molar-refractivity contribution in [1.29, 1.82) is 0 Å². The first-order chi connectivity index (χ1) is 5.55. The van der Waals surface area contributed by atoms with Gasteiger partial charge < -0.3 is 10.4 Å². The Morgan fingerprint density at radius 1 is 1.42 bits per heavy atom. The van der Waals surface area contributed by atoms with E-state index in [1.54, 1.807) is 0 Å². The second-order valence-corrected chi connectivity index (χ2v) is 3.08. The van der Waals surface area contributed by atoms with Gasteiger partial charge >= 0.3 is 6.18 Å². The minimum Gasteiger partial charge on any atom is -0.396 e. The monoisotopic (exact) mass is 183 g/mol. The highest BCUT2D eigenvalue weighted by molar-refractivity contribution is 4.82. The van der Waals surface area contributed by atoms with Crippen LogP contribution in [0.5, 0.6) is 0 Å². The summed E-state index contributed by atoms with van der Waals surface area (Å²) in [5.74, 6) is -2.00. The molecule has 0 amide bonds. The summed E-state index contributed by atoms with van der Waals surface area (Å²) in [5.41, 5.74) is 0. The van der Waals surface area contributed by atoms with Gasteiger partial charge in [0.2, 0.25) is 0 Å². The van der Waals surface area contributed by atoms with E-state index in [1.165, 1.54) is 0 Å². The zero-order chi connectivity index (χ0) is 9.19. The third-order valence-corrected chi connectivity index (χ3v) is 2.26. The third-order valence-electron chi connectivity index (χ3n) is 2.26. The van der Waals surface area contributed by atoms with Crippen molar-refractivity contribution < 1.29 is 18.3 Å². The highest BCUT2D eigenvalue weighted by Gasteiger charge is 2.44. The molecule has 0 radical (unpaired) electrons. The molecule has 1 aliphatic heterocycles. The van der Waals surface area contributed by atoms with Crippen LogP contribution in [0.15, 0.2) is 0 Å². The van der Waals surface area contributed by atoms with Crippen molar-refractivity contribution in [2.45, 2.75) is 12.6 Å². The largest absolute Gasteiger partial charge is 0.396 e. The third kappa shape index (κ3) is 2.10. The summed E-state index contributed by atoms with van der Waals surface area (Å²) in [5, 5.41) is 11.5. The fourth-order valence-corrected chi connectivity index (χ4v) is 1.55. The Kier molecular flexibility index (Phi) is 2.95. The average molecular weight is 183 g/mol. The van der Waals surface area contributed by atoms with Crippen LogP contribution in [0.25, 0.3) is 0 Å². The summed E-state index contributed by atoms with van der Waals surface area (Å²) in [6, 6.07) is 0. The minimum absolute atomic E-state index is 0.0781. The Morgan fingerprint density at radius 3 is 2.50 bits per heavy atom. The summed E-state index contributed by atoms with van der Waals surface area (Å²) < 4.78 is 36.7. The maximum absolute atomic E-state index is 12.2. The van der Waals surface area contributed by atoms with Crippen molar-refractivity contribution in [3.8, 4) is 0 Å². The first kappa shape index (κ1) is 9.80. The second-order valence-electron chi connectivity index (χ2n) is 3.08. The van der Waals surface area contributed by atoms with Crippen LogP contribution in [0.1, 0.15) is 6.42 Å². The molecule has 0 bridgehead atoms. The summed E-state index contributed by atoms with van der Waals surface area (Å²) in [6.45, 7) is 0.262. The molecule has 5 heteroatoms. The number of aliphatic hydroxyl groups is 1. The maximum Gasteiger partial charge on any atom is 0.392 e. The number of alkyl halides is 3. The van der Waals surface area contributed by atoms with Gasteiger partial charge in [-0.2, -0.15) is 13.2 Å². The van der Waals surface area contributed by atoms with E-state index in [4.69, 9.17) is 5.11 Å². The number of rotatable bonds is 1. The zero-order valence-electron chi connectivity index (χ0n) is 6.56. The van der Waals surface area contributed by atoms with Crippen LogP contribution in [0.4, 0.5) is 13.2 Å². The van der Waals surface area contributed by atoms with Gasteiger partial charge in [0, 0.05) is 19.1 Å². The number of hydrogen-bond donors (Lipinski definition) is 2. The molecule has 0 aromatic heterocycles. The molecular formula is C7H12F3NO. The van der Waals surface area contributed by atoms with Gasteiger partial charge in [-0.3, -0.25) is 0 Å². The first-order valence-electron chi connectivity index (χ1n) is 3.94. The maximum atomic E-state index is 12.2. The van der Waals surface area contributed by atoms with Gasteiger partial charge in [-0.25, -0.2) is 0 Å². The van der Waals surface area contributed by atoms with E-state index in [2.05, 4.69) is 5.32 Å². The molecule has 1 aliphatic rings. The molecule has 0 aromatic carbocycles. The lowest BCUT2D eigenvalue weighted by atomic mass is 9.86. The molecule has 1 rings (SSSR count). The molecule has 0 spiro atoms. The van der Waals surface area contributed by atoms with E-state index in [1.807, 2.05) is 0 Å². The molecule has 72 valence electrons. The molecule has 0 unspecified atom stereocenters. The zero-order valence-corrected chi connectivity index (χ0v) is 6.56. The van der Waals surface area contributed by atoms with Crippen molar-refractivity contribution in [3.63, 3.8) is 0 Å². The van der Waals surface area contributed by atoms with Gasteiger partial charge in [-0.1, -0.05) is 0 Å². The molecule has 1 heterocycles. The van der Waals surface area contributed by atoms with E-state index in [9.17, 15) is 13.2 Å². The molecule has 2 nitrogen and oxygen atoms in total. The minimum atomic E-state index is -4.16. The van der Waals surface area contributed by atoms with Crippen LogP contribution in [0, 0.1) is 11.8 Å². The Morgan fingerprint density at radius 2 is 2.08 bits per heavy atom. The fourth-order valence-electron chi connectivity index (χ4n) is 1.55. The molecule has 1 saturated heterocycles. The molecule has 1 fully saturated rings. The fraction of sp³-hybridized carbons (Fsp3) is 1.00. The van der Waals surface area contributed by atoms with Gasteiger partial charge in [0.05, 0.1) is 5.92 Å². The predicted molar refractivity (Wildman–Crippen MR) is 37.6 cm³/mol. The lowest BCUT2D eigenvalue weighted by molar-refractivity contribution is -0.197. The number of piperidine rings is 1. The number of aliphatic hydroxyl groups excluding tert-OH is 1. The lowest BCUT2D eigenvalue weighted by Gasteiger charge is -2.32. The van der Waals surface area contributed by atoms with E-state index < -0.39 is 24.6 Å². The smallest absolute Gasteiger partial charge is 0.392 e. The Balaban J connectivity index is 2.59. The van der Waals surface area contributed by atoms with Crippen LogP contribution < -0.4 is 5.32 Å². The molecule has 12 heavy (non-hydrogen) atoms. The van der Waals surface area contributed by atoms with E-state index in [0.29, 0.717) is 6.54 Å². The van der Waals surface area contributed by atoms with Crippen molar-refractivity contribution in [1.82, 2.24) is 5.32 Å². The number of nitrogens with one attached hydrogen (secondary N) is 1. The Bertz CT molecular complexity index is 148. The second kappa shape index (κ2) is 3.62. The summed E-state index contributed by atoms with van der Waals surface area (Å²) >= 11 is 0. The van der Waals surface area contributed by atoms with E-state index in [-0.39, 0.29) is 13.0 Å². The highest BCUT2D eigenvalue weighted by atomic mass is 19.4. The van der Waals surface area contributed by atoms with E-state index >= 15 is 0 Å². The summed E-state index contributed by atoms with van der Waals surface area (Å²) in [7, 11) is 0. The molecule has 0 aliphatic carbocycles. The van der Waals surface area contributed by atoms with Crippen molar-refractivity contribution in [2.75, 3.05) is 19.7 Å². The van der Waals surface area contributed by atoms with Crippen LogP contribution in [-0.4, -0.2) is 31.0 Å². The standard InChI is InChI=1S/C7H12F3NO/c8-7(9,10)6-1-2-11-3-5(6)4-12/h5-6,11-12H,1-4H2/t5-,6-/m1/s1. The van der Waals surface area contributed by atoms with Gasteiger partial charge in [0.25, 0.3) is 0 Å². The molecule has 0 saturated carbocycles. The van der Waals surface area contributed by atoms with Gasteiger partial charge in [0.1, 0.15) is 0 Å². The first-order valence-corrected chi connectivity index (χ1v) is 3.94. The predicted octanol–water partition coefficient (Wildman–Crippen LogP) is 0.767. The van der Waals surface area contributed by atoms with Gasteiger partial charge in [0.15, 0.2) is 0 Å². The average Bonchev–Trinajstić information content (AvgIpc) is 2.03. The van der Waals surface area contributed by atoms with Crippen LogP contribution in [0.2, 0.25) is 0 Å².